The van der Waals surface area contributed by atoms with Crippen molar-refractivity contribution in [2.75, 3.05) is 11.4 Å². The summed E-state index contributed by atoms with van der Waals surface area (Å²) in [5.74, 6) is -0.0443. The highest BCUT2D eigenvalue weighted by molar-refractivity contribution is 6.62. The molecule has 0 aliphatic carbocycles. The fourth-order valence-corrected chi connectivity index (χ4v) is 3.15. The summed E-state index contributed by atoms with van der Waals surface area (Å²) in [6.07, 6.45) is -0.0444. The molecule has 2 heterocycles. The minimum Gasteiger partial charge on any atom is -0.484 e. The molecule has 6 heteroatoms. The fourth-order valence-electron chi connectivity index (χ4n) is 3.15. The van der Waals surface area contributed by atoms with Crippen molar-refractivity contribution < 1.29 is 18.4 Å². The van der Waals surface area contributed by atoms with Gasteiger partial charge in [-0.05, 0) is 66.1 Å². The van der Waals surface area contributed by atoms with E-state index in [0.29, 0.717) is 11.2 Å². The van der Waals surface area contributed by atoms with Crippen LogP contribution in [0.1, 0.15) is 48.5 Å². The first-order chi connectivity index (χ1) is 11.0. The van der Waals surface area contributed by atoms with Crippen LogP contribution in [-0.4, -0.2) is 37.0 Å². The zero-order valence-corrected chi connectivity index (χ0v) is 15.6. The van der Waals surface area contributed by atoms with Crippen molar-refractivity contribution in [1.29, 1.82) is 0 Å². The average Bonchev–Trinajstić information content (AvgIpc) is 2.67. The predicted molar refractivity (Wildman–Crippen MR) is 94.7 cm³/mol. The summed E-state index contributed by atoms with van der Waals surface area (Å²) in [6, 6.07) is 3.66. The molecule has 0 spiro atoms. The first kappa shape index (κ1) is 17.6. The maximum Gasteiger partial charge on any atom is 0.495 e. The van der Waals surface area contributed by atoms with Crippen LogP contribution in [0.5, 0.6) is 5.75 Å². The van der Waals surface area contributed by atoms with Gasteiger partial charge in [0.1, 0.15) is 6.10 Å². The van der Waals surface area contributed by atoms with Gasteiger partial charge in [-0.25, -0.2) is 4.39 Å². The summed E-state index contributed by atoms with van der Waals surface area (Å²) in [4.78, 5) is 2.17. The van der Waals surface area contributed by atoms with Gasteiger partial charge < -0.3 is 18.9 Å². The normalized spacial score (nSPS) is 25.0. The topological polar surface area (TPSA) is 30.9 Å². The van der Waals surface area contributed by atoms with E-state index in [1.54, 1.807) is 0 Å². The van der Waals surface area contributed by atoms with Crippen LogP contribution < -0.4 is 15.1 Å². The van der Waals surface area contributed by atoms with Crippen LogP contribution in [0.4, 0.5) is 10.1 Å². The van der Waals surface area contributed by atoms with Gasteiger partial charge in [-0.15, -0.1) is 0 Å². The van der Waals surface area contributed by atoms with E-state index < -0.39 is 18.3 Å². The Bertz CT molecular complexity index is 631. The number of benzene rings is 1. The lowest BCUT2D eigenvalue weighted by atomic mass is 9.78. The molecular formula is C18H27BFNO3. The van der Waals surface area contributed by atoms with E-state index in [4.69, 9.17) is 14.0 Å². The number of ether oxygens (including phenoxy) is 1. The maximum atomic E-state index is 14.7. The molecule has 0 N–H and O–H groups in total. The minimum atomic E-state index is -0.580. The summed E-state index contributed by atoms with van der Waals surface area (Å²) in [5.41, 5.74) is 0.557. The molecule has 0 radical (unpaired) electrons. The van der Waals surface area contributed by atoms with Gasteiger partial charge in [-0.2, -0.15) is 0 Å². The van der Waals surface area contributed by atoms with E-state index in [1.165, 1.54) is 6.07 Å². The largest absolute Gasteiger partial charge is 0.495 e. The molecule has 2 aliphatic heterocycles. The number of halogens is 1. The molecule has 1 saturated heterocycles. The van der Waals surface area contributed by atoms with Crippen LogP contribution in [-0.2, 0) is 9.31 Å². The molecular weight excluding hydrogens is 308 g/mol. The van der Waals surface area contributed by atoms with E-state index in [-0.39, 0.29) is 18.0 Å². The molecule has 0 bridgehead atoms. The van der Waals surface area contributed by atoms with E-state index in [1.807, 2.05) is 40.7 Å². The second-order valence-electron chi connectivity index (χ2n) is 8.11. The Kier molecular flexibility index (Phi) is 4.12. The van der Waals surface area contributed by atoms with Crippen molar-refractivity contribution in [3.8, 4) is 5.75 Å². The molecule has 2 aliphatic rings. The summed E-state index contributed by atoms with van der Waals surface area (Å²) >= 11 is 0. The first-order valence-electron chi connectivity index (χ1n) is 8.64. The van der Waals surface area contributed by atoms with Gasteiger partial charge in [-0.1, -0.05) is 0 Å². The number of anilines is 1. The molecule has 4 nitrogen and oxygen atoms in total. The van der Waals surface area contributed by atoms with Crippen molar-refractivity contribution in [3.05, 3.63) is 17.9 Å². The molecule has 0 aromatic heterocycles. The number of nitrogens with zero attached hydrogens (tertiary/aromatic N) is 1. The Hall–Kier alpha value is -1.27. The molecule has 1 fully saturated rings. The number of fused-ring (bicyclic) bond motifs is 1. The van der Waals surface area contributed by atoms with Crippen molar-refractivity contribution in [3.63, 3.8) is 0 Å². The van der Waals surface area contributed by atoms with Gasteiger partial charge in [-0.3, -0.25) is 0 Å². The van der Waals surface area contributed by atoms with Crippen molar-refractivity contribution in [1.82, 2.24) is 0 Å². The van der Waals surface area contributed by atoms with E-state index >= 15 is 0 Å². The second-order valence-corrected chi connectivity index (χ2v) is 8.11. The molecule has 3 rings (SSSR count). The average molecular weight is 335 g/mol. The number of hydrogen-bond acceptors (Lipinski definition) is 4. The Balaban J connectivity index is 2.01. The van der Waals surface area contributed by atoms with Crippen LogP contribution >= 0.6 is 0 Å². The monoisotopic (exact) mass is 335 g/mol. The molecule has 1 aromatic rings. The molecule has 1 atom stereocenters. The zero-order chi connectivity index (χ0) is 17.9. The smallest absolute Gasteiger partial charge is 0.484 e. The highest BCUT2D eigenvalue weighted by Crippen LogP contribution is 2.39. The Morgan fingerprint density at radius 3 is 2.29 bits per heavy atom. The Morgan fingerprint density at radius 1 is 1.17 bits per heavy atom. The summed E-state index contributed by atoms with van der Waals surface area (Å²) in [6.45, 7) is 14.9. The third-order valence-corrected chi connectivity index (χ3v) is 5.28. The van der Waals surface area contributed by atoms with Crippen LogP contribution in [0.25, 0.3) is 0 Å². The summed E-state index contributed by atoms with van der Waals surface area (Å²) < 4.78 is 32.6. The van der Waals surface area contributed by atoms with Crippen molar-refractivity contribution in [2.24, 2.45) is 0 Å². The van der Waals surface area contributed by atoms with E-state index in [2.05, 4.69) is 18.7 Å². The Labute approximate surface area is 144 Å². The van der Waals surface area contributed by atoms with Gasteiger partial charge in [0.2, 0.25) is 0 Å². The number of rotatable bonds is 2. The highest BCUT2D eigenvalue weighted by Gasteiger charge is 2.52. The lowest BCUT2D eigenvalue weighted by Crippen LogP contribution is -2.44. The van der Waals surface area contributed by atoms with Crippen LogP contribution in [0, 0.1) is 5.82 Å². The highest BCUT2D eigenvalue weighted by atomic mass is 19.1. The molecule has 24 heavy (non-hydrogen) atoms. The van der Waals surface area contributed by atoms with Gasteiger partial charge in [0.05, 0.1) is 23.4 Å². The molecule has 0 amide bonds. The standard InChI is InChI=1S/C18H27BFNO3/c1-11(2)21-10-12(3)22-16-14(20)8-13(9-15(16)21)19-23-17(4,5)18(6,7)24-19/h8-9,11-12H,10H2,1-7H3. The molecule has 0 saturated carbocycles. The van der Waals surface area contributed by atoms with Gasteiger partial charge in [0.15, 0.2) is 11.6 Å². The van der Waals surface area contributed by atoms with Crippen LogP contribution in [0.3, 0.4) is 0 Å². The third-order valence-electron chi connectivity index (χ3n) is 5.28. The van der Waals surface area contributed by atoms with Gasteiger partial charge in [0.25, 0.3) is 0 Å². The van der Waals surface area contributed by atoms with Gasteiger partial charge >= 0.3 is 7.12 Å². The third kappa shape index (κ3) is 2.80. The second kappa shape index (κ2) is 5.63. The van der Waals surface area contributed by atoms with Crippen LogP contribution in [0.2, 0.25) is 0 Å². The first-order valence-corrected chi connectivity index (χ1v) is 8.64. The van der Waals surface area contributed by atoms with Crippen molar-refractivity contribution >= 4 is 18.3 Å². The molecule has 132 valence electrons. The SMILES string of the molecule is CC1CN(C(C)C)c2cc(B3OC(C)(C)C(C)(C)O3)cc(F)c2O1. The quantitative estimate of drug-likeness (QED) is 0.777. The predicted octanol–water partition coefficient (Wildman–Crippen LogP) is 3.12. The van der Waals surface area contributed by atoms with Crippen LogP contribution in [0.15, 0.2) is 12.1 Å². The zero-order valence-electron chi connectivity index (χ0n) is 15.6. The number of hydrogen-bond donors (Lipinski definition) is 0. The minimum absolute atomic E-state index is 0.0444. The molecule has 1 unspecified atom stereocenters. The molecule has 1 aromatic carbocycles. The van der Waals surface area contributed by atoms with E-state index in [9.17, 15) is 4.39 Å². The Morgan fingerprint density at radius 2 is 1.75 bits per heavy atom. The van der Waals surface area contributed by atoms with E-state index in [0.717, 1.165) is 12.2 Å². The summed E-state index contributed by atoms with van der Waals surface area (Å²) in [5, 5.41) is 0. The summed E-state index contributed by atoms with van der Waals surface area (Å²) in [7, 11) is -0.580. The maximum absolute atomic E-state index is 14.7. The fraction of sp³-hybridized carbons (Fsp3) is 0.667. The lowest BCUT2D eigenvalue weighted by Gasteiger charge is -2.38. The van der Waals surface area contributed by atoms with Crippen molar-refractivity contribution in [2.45, 2.75) is 71.8 Å². The van der Waals surface area contributed by atoms with Gasteiger partial charge in [0, 0.05) is 6.04 Å². The lowest BCUT2D eigenvalue weighted by molar-refractivity contribution is 0.00578.